The third-order valence-electron chi connectivity index (χ3n) is 3.87. The summed E-state index contributed by atoms with van der Waals surface area (Å²) < 4.78 is 5.11. The van der Waals surface area contributed by atoms with E-state index in [1.165, 1.54) is 25.3 Å². The Bertz CT molecular complexity index is 972. The van der Waals surface area contributed by atoms with E-state index < -0.39 is 4.92 Å². The summed E-state index contributed by atoms with van der Waals surface area (Å²) in [6.45, 7) is 0.0540. The Labute approximate surface area is 149 Å². The highest BCUT2D eigenvalue weighted by molar-refractivity contribution is 5.95. The van der Waals surface area contributed by atoms with E-state index in [1.54, 1.807) is 0 Å². The van der Waals surface area contributed by atoms with Crippen LogP contribution in [0, 0.1) is 10.1 Å². The first kappa shape index (κ1) is 17.2. The number of nitrogens with one attached hydrogen (secondary N) is 2. The minimum atomic E-state index is -0.518. The number of methoxy groups -OCH3 is 1. The van der Waals surface area contributed by atoms with E-state index in [4.69, 9.17) is 4.74 Å². The van der Waals surface area contributed by atoms with E-state index in [2.05, 4.69) is 10.6 Å². The maximum Gasteiger partial charge on any atom is 0.273 e. The average molecular weight is 351 g/mol. The van der Waals surface area contributed by atoms with Crippen molar-refractivity contribution in [3.63, 3.8) is 0 Å². The van der Waals surface area contributed by atoms with Crippen molar-refractivity contribution in [2.24, 2.45) is 0 Å². The number of non-ortho nitro benzene ring substituents is 1. The molecule has 0 aromatic heterocycles. The number of ether oxygens (including phenoxy) is 1. The van der Waals surface area contributed by atoms with Gasteiger partial charge in [0.25, 0.3) is 5.69 Å². The SMILES string of the molecule is COc1cc([N+](=O)[O-])ccc1NC(=O)CNc1ccc2ccccc2c1. The van der Waals surface area contributed by atoms with Crippen LogP contribution in [0.15, 0.2) is 60.7 Å². The average Bonchev–Trinajstić information content (AvgIpc) is 2.66. The molecule has 0 bridgehead atoms. The molecular formula is C19H17N3O4. The normalized spacial score (nSPS) is 10.3. The molecule has 0 radical (unpaired) electrons. The number of carbonyl (C=O) groups is 1. The third-order valence-corrected chi connectivity index (χ3v) is 3.87. The highest BCUT2D eigenvalue weighted by atomic mass is 16.6. The molecule has 3 aromatic rings. The van der Waals surface area contributed by atoms with Crippen molar-refractivity contribution in [1.29, 1.82) is 0 Å². The number of hydrogen-bond acceptors (Lipinski definition) is 5. The van der Waals surface area contributed by atoms with Crippen molar-refractivity contribution in [3.8, 4) is 5.75 Å². The van der Waals surface area contributed by atoms with Gasteiger partial charge in [-0.15, -0.1) is 0 Å². The zero-order chi connectivity index (χ0) is 18.5. The van der Waals surface area contributed by atoms with Crippen molar-refractivity contribution in [2.45, 2.75) is 0 Å². The largest absolute Gasteiger partial charge is 0.494 e. The van der Waals surface area contributed by atoms with Gasteiger partial charge in [0, 0.05) is 11.8 Å². The molecule has 26 heavy (non-hydrogen) atoms. The summed E-state index contributed by atoms with van der Waals surface area (Å²) in [6.07, 6.45) is 0. The van der Waals surface area contributed by atoms with Crippen LogP contribution in [-0.2, 0) is 4.79 Å². The number of anilines is 2. The molecule has 132 valence electrons. The van der Waals surface area contributed by atoms with E-state index in [-0.39, 0.29) is 23.9 Å². The maximum atomic E-state index is 12.2. The van der Waals surface area contributed by atoms with Gasteiger partial charge in [-0.3, -0.25) is 14.9 Å². The summed E-state index contributed by atoms with van der Waals surface area (Å²) in [5, 5.41) is 18.8. The fourth-order valence-corrected chi connectivity index (χ4v) is 2.57. The van der Waals surface area contributed by atoms with Crippen LogP contribution in [0.4, 0.5) is 17.1 Å². The number of nitro benzene ring substituents is 1. The Kier molecular flexibility index (Phi) is 4.98. The Balaban J connectivity index is 1.65. The van der Waals surface area contributed by atoms with Crippen molar-refractivity contribution in [1.82, 2.24) is 0 Å². The van der Waals surface area contributed by atoms with Crippen LogP contribution in [0.5, 0.6) is 5.75 Å². The molecular weight excluding hydrogens is 334 g/mol. The highest BCUT2D eigenvalue weighted by Crippen LogP contribution is 2.29. The molecule has 0 atom stereocenters. The van der Waals surface area contributed by atoms with Crippen LogP contribution in [0.25, 0.3) is 10.8 Å². The monoisotopic (exact) mass is 351 g/mol. The first-order chi connectivity index (χ1) is 12.6. The molecule has 0 aliphatic rings. The van der Waals surface area contributed by atoms with Crippen molar-refractivity contribution >= 4 is 33.7 Å². The summed E-state index contributed by atoms with van der Waals surface area (Å²) in [5.74, 6) is -0.0523. The van der Waals surface area contributed by atoms with E-state index in [9.17, 15) is 14.9 Å². The van der Waals surface area contributed by atoms with Crippen molar-refractivity contribution in [3.05, 3.63) is 70.8 Å². The first-order valence-electron chi connectivity index (χ1n) is 7.92. The van der Waals surface area contributed by atoms with Crippen LogP contribution in [0.1, 0.15) is 0 Å². The second kappa shape index (κ2) is 7.52. The lowest BCUT2D eigenvalue weighted by Crippen LogP contribution is -2.22. The lowest BCUT2D eigenvalue weighted by molar-refractivity contribution is -0.384. The molecule has 0 fully saturated rings. The topological polar surface area (TPSA) is 93.5 Å². The standard InChI is InChI=1S/C19H17N3O4/c1-26-18-11-16(22(24)25)8-9-17(18)21-19(23)12-20-15-7-6-13-4-2-3-5-14(13)10-15/h2-11,20H,12H2,1H3,(H,21,23). The zero-order valence-electron chi connectivity index (χ0n) is 14.1. The minimum Gasteiger partial charge on any atom is -0.494 e. The fourth-order valence-electron chi connectivity index (χ4n) is 2.57. The van der Waals surface area contributed by atoms with Crippen LogP contribution in [0.3, 0.4) is 0 Å². The second-order valence-electron chi connectivity index (χ2n) is 5.61. The number of amides is 1. The van der Waals surface area contributed by atoms with Gasteiger partial charge < -0.3 is 15.4 Å². The second-order valence-corrected chi connectivity index (χ2v) is 5.61. The molecule has 7 heteroatoms. The van der Waals surface area contributed by atoms with E-state index in [0.29, 0.717) is 5.69 Å². The molecule has 3 rings (SSSR count). The van der Waals surface area contributed by atoms with E-state index in [0.717, 1.165) is 16.5 Å². The van der Waals surface area contributed by atoms with E-state index >= 15 is 0 Å². The zero-order valence-corrected chi connectivity index (χ0v) is 14.1. The first-order valence-corrected chi connectivity index (χ1v) is 7.92. The quantitative estimate of drug-likeness (QED) is 0.520. The molecule has 2 N–H and O–H groups in total. The van der Waals surface area contributed by atoms with Gasteiger partial charge in [0.15, 0.2) is 0 Å². The van der Waals surface area contributed by atoms with Crippen LogP contribution in [-0.4, -0.2) is 24.5 Å². The Morgan fingerprint density at radius 3 is 2.58 bits per heavy atom. The summed E-state index contributed by atoms with van der Waals surface area (Å²) >= 11 is 0. The predicted octanol–water partition coefficient (Wildman–Crippen LogP) is 3.81. The molecule has 0 aliphatic carbocycles. The van der Waals surface area contributed by atoms with Gasteiger partial charge in [-0.25, -0.2) is 0 Å². The van der Waals surface area contributed by atoms with Gasteiger partial charge in [-0.1, -0.05) is 30.3 Å². The van der Waals surface area contributed by atoms with Gasteiger partial charge in [-0.2, -0.15) is 0 Å². The van der Waals surface area contributed by atoms with Gasteiger partial charge >= 0.3 is 0 Å². The third kappa shape index (κ3) is 3.89. The maximum absolute atomic E-state index is 12.2. The van der Waals surface area contributed by atoms with Crippen LogP contribution >= 0.6 is 0 Å². The number of nitrogens with zero attached hydrogens (tertiary/aromatic N) is 1. The molecule has 1 amide bonds. The molecule has 0 saturated carbocycles. The predicted molar refractivity (Wildman–Crippen MR) is 101 cm³/mol. The fraction of sp³-hybridized carbons (Fsp3) is 0.105. The number of nitro groups is 1. The number of fused-ring (bicyclic) bond motifs is 1. The lowest BCUT2D eigenvalue weighted by Gasteiger charge is -2.11. The summed E-state index contributed by atoms with van der Waals surface area (Å²) in [7, 11) is 1.39. The summed E-state index contributed by atoms with van der Waals surface area (Å²) in [5.41, 5.74) is 1.10. The van der Waals surface area contributed by atoms with Gasteiger partial charge in [0.2, 0.25) is 5.91 Å². The van der Waals surface area contributed by atoms with Crippen LogP contribution < -0.4 is 15.4 Å². The summed E-state index contributed by atoms with van der Waals surface area (Å²) in [4.78, 5) is 22.5. The number of rotatable bonds is 6. The molecule has 0 unspecified atom stereocenters. The molecule has 7 nitrogen and oxygen atoms in total. The number of carbonyl (C=O) groups excluding carboxylic acids is 1. The molecule has 0 heterocycles. The van der Waals surface area contributed by atoms with Crippen LogP contribution in [0.2, 0.25) is 0 Å². The minimum absolute atomic E-state index is 0.0540. The molecule has 0 saturated heterocycles. The molecule has 0 spiro atoms. The number of benzene rings is 3. The Morgan fingerprint density at radius 2 is 1.85 bits per heavy atom. The molecule has 0 aliphatic heterocycles. The molecule has 3 aromatic carbocycles. The Morgan fingerprint density at radius 1 is 1.08 bits per heavy atom. The summed E-state index contributed by atoms with van der Waals surface area (Å²) in [6, 6.07) is 17.8. The lowest BCUT2D eigenvalue weighted by atomic mass is 10.1. The van der Waals surface area contributed by atoms with E-state index in [1.807, 2.05) is 42.5 Å². The van der Waals surface area contributed by atoms with Gasteiger partial charge in [0.1, 0.15) is 5.75 Å². The van der Waals surface area contributed by atoms with Crippen molar-refractivity contribution < 1.29 is 14.5 Å². The Hall–Kier alpha value is -3.61. The van der Waals surface area contributed by atoms with Crippen molar-refractivity contribution in [2.75, 3.05) is 24.3 Å². The van der Waals surface area contributed by atoms with Gasteiger partial charge in [0.05, 0.1) is 30.3 Å². The number of hydrogen-bond donors (Lipinski definition) is 2. The smallest absolute Gasteiger partial charge is 0.273 e. The van der Waals surface area contributed by atoms with Gasteiger partial charge in [-0.05, 0) is 29.0 Å². The highest BCUT2D eigenvalue weighted by Gasteiger charge is 2.13.